The molecule has 0 saturated carbocycles. The van der Waals surface area contributed by atoms with E-state index in [0.29, 0.717) is 23.8 Å². The molecule has 3 heterocycles. The van der Waals surface area contributed by atoms with Crippen LogP contribution >= 0.6 is 0 Å². The van der Waals surface area contributed by atoms with Crippen molar-refractivity contribution in [1.29, 1.82) is 0 Å². The minimum absolute atomic E-state index is 0.501. The summed E-state index contributed by atoms with van der Waals surface area (Å²) in [6.07, 6.45) is 5.95. The second kappa shape index (κ2) is 6.89. The molecule has 1 aromatic carbocycles. The number of fused-ring (bicyclic) bond motifs is 2. The van der Waals surface area contributed by atoms with E-state index in [1.54, 1.807) is 14.2 Å². The molecule has 4 heteroatoms. The minimum Gasteiger partial charge on any atom is -0.481 e. The Hall–Kier alpha value is -2.33. The van der Waals surface area contributed by atoms with Crippen molar-refractivity contribution in [3.63, 3.8) is 0 Å². The molecule has 2 aliphatic rings. The van der Waals surface area contributed by atoms with Gasteiger partial charge in [0.25, 0.3) is 0 Å². The Morgan fingerprint density at radius 1 is 1.04 bits per heavy atom. The van der Waals surface area contributed by atoms with Gasteiger partial charge in [-0.3, -0.25) is 4.90 Å². The number of ether oxygens (including phenoxy) is 2. The zero-order valence-electron chi connectivity index (χ0n) is 14.8. The first-order valence-electron chi connectivity index (χ1n) is 8.88. The van der Waals surface area contributed by atoms with Gasteiger partial charge in [-0.15, -0.1) is 0 Å². The lowest BCUT2D eigenvalue weighted by Gasteiger charge is -2.34. The summed E-state index contributed by atoms with van der Waals surface area (Å²) in [5, 5.41) is 0. The minimum atomic E-state index is 0.501. The van der Waals surface area contributed by atoms with Crippen LogP contribution in [0, 0.1) is 0 Å². The number of hydrogen-bond acceptors (Lipinski definition) is 4. The summed E-state index contributed by atoms with van der Waals surface area (Å²) in [5.74, 6) is 1.24. The van der Waals surface area contributed by atoms with Gasteiger partial charge in [-0.25, -0.2) is 0 Å². The maximum atomic E-state index is 5.51. The molecule has 0 radical (unpaired) electrons. The number of hydrogen-bond donors (Lipinski definition) is 0. The molecular formula is C21H24N2O2. The van der Waals surface area contributed by atoms with Crippen LogP contribution < -0.4 is 9.47 Å². The molecular weight excluding hydrogens is 312 g/mol. The van der Waals surface area contributed by atoms with E-state index in [0.717, 1.165) is 18.5 Å². The fourth-order valence-corrected chi connectivity index (χ4v) is 4.10. The smallest absolute Gasteiger partial charge is 0.224 e. The Labute approximate surface area is 149 Å². The number of pyridine rings is 1. The molecule has 2 bridgehead atoms. The fourth-order valence-electron chi connectivity index (χ4n) is 4.10. The van der Waals surface area contributed by atoms with Crippen LogP contribution in [0.2, 0.25) is 0 Å². The standard InChI is InChI=1S/C21H24N2O2/c1-24-20-11-10-19(21(22-20)25-2)16-12-17-8-9-18(13-16)23(17)14-15-6-4-3-5-7-15/h3-7,10-12,17-18H,8-9,13-14H2,1-2H3. The Kier molecular flexibility index (Phi) is 4.45. The molecule has 1 saturated heterocycles. The third-order valence-corrected chi connectivity index (χ3v) is 5.33. The molecule has 2 unspecified atom stereocenters. The van der Waals surface area contributed by atoms with E-state index in [9.17, 15) is 0 Å². The number of nitrogens with zero attached hydrogens (tertiary/aromatic N) is 2. The molecule has 1 fully saturated rings. The van der Waals surface area contributed by atoms with Crippen LogP contribution in [0.3, 0.4) is 0 Å². The van der Waals surface area contributed by atoms with E-state index in [1.807, 2.05) is 6.07 Å². The summed E-state index contributed by atoms with van der Waals surface area (Å²) in [7, 11) is 3.30. The Balaban J connectivity index is 1.59. The highest BCUT2D eigenvalue weighted by Gasteiger charge is 2.37. The largest absolute Gasteiger partial charge is 0.481 e. The number of methoxy groups -OCH3 is 2. The monoisotopic (exact) mass is 336 g/mol. The lowest BCUT2D eigenvalue weighted by Crippen LogP contribution is -2.37. The summed E-state index contributed by atoms with van der Waals surface area (Å²) in [5.41, 5.74) is 3.84. The van der Waals surface area contributed by atoms with Gasteiger partial charge in [-0.1, -0.05) is 36.4 Å². The second-order valence-corrected chi connectivity index (χ2v) is 6.76. The highest BCUT2D eigenvalue weighted by Crippen LogP contribution is 2.41. The lowest BCUT2D eigenvalue weighted by molar-refractivity contribution is 0.203. The molecule has 0 amide bonds. The summed E-state index contributed by atoms with van der Waals surface area (Å²) in [6, 6.07) is 15.8. The van der Waals surface area contributed by atoms with Gasteiger partial charge < -0.3 is 9.47 Å². The molecule has 0 aliphatic carbocycles. The van der Waals surface area contributed by atoms with Crippen molar-refractivity contribution in [2.45, 2.75) is 37.9 Å². The van der Waals surface area contributed by atoms with Gasteiger partial charge in [0.05, 0.1) is 14.2 Å². The topological polar surface area (TPSA) is 34.6 Å². The Morgan fingerprint density at radius 2 is 1.88 bits per heavy atom. The van der Waals surface area contributed by atoms with Crippen molar-refractivity contribution in [3.8, 4) is 11.8 Å². The second-order valence-electron chi connectivity index (χ2n) is 6.76. The van der Waals surface area contributed by atoms with Gasteiger partial charge in [0.1, 0.15) is 0 Å². The summed E-state index contributed by atoms with van der Waals surface area (Å²) < 4.78 is 10.7. The van der Waals surface area contributed by atoms with Crippen molar-refractivity contribution < 1.29 is 9.47 Å². The molecule has 2 aliphatic heterocycles. The summed E-state index contributed by atoms with van der Waals surface area (Å²) in [6.45, 7) is 1.03. The van der Waals surface area contributed by atoms with Crippen molar-refractivity contribution in [3.05, 3.63) is 59.7 Å². The van der Waals surface area contributed by atoms with Gasteiger partial charge in [0.2, 0.25) is 11.8 Å². The van der Waals surface area contributed by atoms with Crippen molar-refractivity contribution in [2.24, 2.45) is 0 Å². The maximum Gasteiger partial charge on any atom is 0.224 e. The predicted molar refractivity (Wildman–Crippen MR) is 98.7 cm³/mol. The molecule has 0 spiro atoms. The van der Waals surface area contributed by atoms with E-state index >= 15 is 0 Å². The molecule has 130 valence electrons. The Morgan fingerprint density at radius 3 is 2.60 bits per heavy atom. The van der Waals surface area contributed by atoms with E-state index in [2.05, 4.69) is 52.4 Å². The van der Waals surface area contributed by atoms with Crippen LogP contribution in [-0.2, 0) is 6.54 Å². The van der Waals surface area contributed by atoms with Gasteiger partial charge in [0, 0.05) is 30.3 Å². The third-order valence-electron chi connectivity index (χ3n) is 5.33. The molecule has 2 atom stereocenters. The fraction of sp³-hybridized carbons (Fsp3) is 0.381. The summed E-state index contributed by atoms with van der Waals surface area (Å²) in [4.78, 5) is 7.08. The lowest BCUT2D eigenvalue weighted by atomic mass is 9.95. The maximum absolute atomic E-state index is 5.51. The quantitative estimate of drug-likeness (QED) is 0.829. The Bertz CT molecular complexity index is 773. The molecule has 1 aromatic heterocycles. The van der Waals surface area contributed by atoms with E-state index in [4.69, 9.17) is 9.47 Å². The van der Waals surface area contributed by atoms with E-state index < -0.39 is 0 Å². The highest BCUT2D eigenvalue weighted by molar-refractivity contribution is 5.71. The van der Waals surface area contributed by atoms with Gasteiger partial charge in [0.15, 0.2) is 0 Å². The number of aromatic nitrogens is 1. The first-order valence-corrected chi connectivity index (χ1v) is 8.88. The predicted octanol–water partition coefficient (Wildman–Crippen LogP) is 3.92. The SMILES string of the molecule is COc1ccc(C2=CC3CCC(C2)N3Cc2ccccc2)c(OC)n1. The van der Waals surface area contributed by atoms with E-state index in [1.165, 1.54) is 24.0 Å². The zero-order valence-corrected chi connectivity index (χ0v) is 14.8. The van der Waals surface area contributed by atoms with Crippen LogP contribution in [-0.4, -0.2) is 36.2 Å². The normalized spacial score (nSPS) is 22.6. The molecule has 4 nitrogen and oxygen atoms in total. The number of rotatable bonds is 5. The van der Waals surface area contributed by atoms with Crippen molar-refractivity contribution in [1.82, 2.24) is 9.88 Å². The summed E-state index contributed by atoms with van der Waals surface area (Å²) >= 11 is 0. The first-order chi connectivity index (χ1) is 12.3. The molecule has 0 N–H and O–H groups in total. The van der Waals surface area contributed by atoms with Crippen LogP contribution in [0.25, 0.3) is 5.57 Å². The van der Waals surface area contributed by atoms with Crippen LogP contribution in [0.5, 0.6) is 11.8 Å². The average Bonchev–Trinajstić information content (AvgIpc) is 2.90. The third kappa shape index (κ3) is 3.14. The van der Waals surface area contributed by atoms with E-state index in [-0.39, 0.29) is 0 Å². The van der Waals surface area contributed by atoms with Gasteiger partial charge in [-0.05, 0) is 36.5 Å². The van der Waals surface area contributed by atoms with Crippen LogP contribution in [0.4, 0.5) is 0 Å². The highest BCUT2D eigenvalue weighted by atomic mass is 16.5. The number of benzene rings is 1. The zero-order chi connectivity index (χ0) is 17.2. The molecule has 25 heavy (non-hydrogen) atoms. The van der Waals surface area contributed by atoms with Crippen molar-refractivity contribution in [2.75, 3.05) is 14.2 Å². The average molecular weight is 336 g/mol. The first kappa shape index (κ1) is 16.2. The van der Waals surface area contributed by atoms with Crippen molar-refractivity contribution >= 4 is 5.57 Å². The van der Waals surface area contributed by atoms with Crippen LogP contribution in [0.1, 0.15) is 30.4 Å². The molecule has 2 aromatic rings. The van der Waals surface area contributed by atoms with Gasteiger partial charge >= 0.3 is 0 Å². The van der Waals surface area contributed by atoms with Gasteiger partial charge in [-0.2, -0.15) is 4.98 Å². The van der Waals surface area contributed by atoms with Crippen LogP contribution in [0.15, 0.2) is 48.5 Å². The molecule has 4 rings (SSSR count).